The summed E-state index contributed by atoms with van der Waals surface area (Å²) in [6.45, 7) is 5.17. The molecule has 1 heterocycles. The average Bonchev–Trinajstić information content (AvgIpc) is 2.48. The monoisotopic (exact) mass is 277 g/mol. The summed E-state index contributed by atoms with van der Waals surface area (Å²) < 4.78 is 5.66. The number of hydrogen-bond donors (Lipinski definition) is 2. The van der Waals surface area contributed by atoms with E-state index < -0.39 is 0 Å². The van der Waals surface area contributed by atoms with Crippen molar-refractivity contribution in [1.29, 1.82) is 0 Å². The van der Waals surface area contributed by atoms with E-state index in [0.29, 0.717) is 5.92 Å². The van der Waals surface area contributed by atoms with Gasteiger partial charge in [0.25, 0.3) is 0 Å². The summed E-state index contributed by atoms with van der Waals surface area (Å²) in [7, 11) is 0. The van der Waals surface area contributed by atoms with Crippen molar-refractivity contribution in [3.63, 3.8) is 0 Å². The van der Waals surface area contributed by atoms with Gasteiger partial charge in [0.15, 0.2) is 0 Å². The molecule has 0 amide bonds. The lowest BCUT2D eigenvalue weighted by molar-refractivity contribution is 0.231. The third kappa shape index (κ3) is 3.93. The Bertz CT molecular complexity index is 402. The minimum atomic E-state index is 0.181. The summed E-state index contributed by atoms with van der Waals surface area (Å²) in [5, 5.41) is 0. The highest BCUT2D eigenvalue weighted by atomic mass is 16.5. The first kappa shape index (κ1) is 15.3. The lowest BCUT2D eigenvalue weighted by Gasteiger charge is -2.32. The lowest BCUT2D eigenvalue weighted by Crippen LogP contribution is -2.35. The number of ether oxygens (including phenoxy) is 1. The summed E-state index contributed by atoms with van der Waals surface area (Å²) in [5.41, 5.74) is 4.13. The van der Waals surface area contributed by atoms with Crippen molar-refractivity contribution in [1.82, 2.24) is 10.4 Å². The van der Waals surface area contributed by atoms with Gasteiger partial charge in [-0.15, -0.1) is 0 Å². The highest BCUT2D eigenvalue weighted by Crippen LogP contribution is 2.36. The Hall–Kier alpha value is -1.13. The van der Waals surface area contributed by atoms with Gasteiger partial charge in [-0.3, -0.25) is 16.3 Å². The van der Waals surface area contributed by atoms with Gasteiger partial charge in [-0.2, -0.15) is 0 Å². The normalized spacial score (nSPS) is 24.4. The van der Waals surface area contributed by atoms with Crippen LogP contribution in [0.3, 0.4) is 0 Å². The van der Waals surface area contributed by atoms with Crippen molar-refractivity contribution in [2.75, 3.05) is 6.61 Å². The van der Waals surface area contributed by atoms with Gasteiger partial charge in [0.05, 0.1) is 18.8 Å². The van der Waals surface area contributed by atoms with Crippen LogP contribution in [0.15, 0.2) is 18.5 Å². The van der Waals surface area contributed by atoms with Crippen LogP contribution in [-0.4, -0.2) is 11.6 Å². The number of nitrogens with two attached hydrogens (primary N) is 1. The molecule has 1 aromatic heterocycles. The van der Waals surface area contributed by atoms with E-state index in [2.05, 4.69) is 30.3 Å². The van der Waals surface area contributed by atoms with Gasteiger partial charge >= 0.3 is 0 Å². The van der Waals surface area contributed by atoms with E-state index in [1.54, 1.807) is 6.20 Å². The van der Waals surface area contributed by atoms with Crippen molar-refractivity contribution in [3.05, 3.63) is 24.0 Å². The first-order valence-electron chi connectivity index (χ1n) is 7.78. The molecule has 0 radical (unpaired) electrons. The van der Waals surface area contributed by atoms with E-state index in [9.17, 15) is 0 Å². The number of rotatable bonds is 6. The molecule has 1 atom stereocenters. The summed E-state index contributed by atoms with van der Waals surface area (Å²) in [6.07, 6.45) is 9.73. The van der Waals surface area contributed by atoms with E-state index in [4.69, 9.17) is 10.6 Å². The van der Waals surface area contributed by atoms with E-state index >= 15 is 0 Å². The lowest BCUT2D eigenvalue weighted by atomic mass is 9.78. The number of aromatic nitrogens is 1. The summed E-state index contributed by atoms with van der Waals surface area (Å²) >= 11 is 0. The van der Waals surface area contributed by atoms with Crippen molar-refractivity contribution < 1.29 is 4.74 Å². The Morgan fingerprint density at radius 1 is 1.35 bits per heavy atom. The zero-order valence-corrected chi connectivity index (χ0v) is 12.6. The van der Waals surface area contributed by atoms with E-state index in [1.165, 1.54) is 25.7 Å². The van der Waals surface area contributed by atoms with Gasteiger partial charge in [-0.05, 0) is 42.7 Å². The molecule has 2 rings (SSSR count). The molecule has 1 saturated carbocycles. The van der Waals surface area contributed by atoms with Crippen LogP contribution in [0.1, 0.15) is 57.6 Å². The van der Waals surface area contributed by atoms with Gasteiger partial charge < -0.3 is 4.74 Å². The number of pyridine rings is 1. The van der Waals surface area contributed by atoms with Crippen LogP contribution >= 0.6 is 0 Å². The third-order valence-electron chi connectivity index (χ3n) is 4.28. The predicted molar refractivity (Wildman–Crippen MR) is 81.2 cm³/mol. The minimum Gasteiger partial charge on any atom is -0.492 e. The van der Waals surface area contributed by atoms with Crippen molar-refractivity contribution >= 4 is 0 Å². The Balaban J connectivity index is 2.06. The second-order valence-corrected chi connectivity index (χ2v) is 5.97. The number of hydrazine groups is 1. The van der Waals surface area contributed by atoms with Crippen LogP contribution in [0, 0.1) is 11.8 Å². The zero-order chi connectivity index (χ0) is 14.4. The maximum atomic E-state index is 5.80. The van der Waals surface area contributed by atoms with Crippen LogP contribution in [0.2, 0.25) is 0 Å². The molecule has 4 nitrogen and oxygen atoms in total. The number of hydrogen-bond acceptors (Lipinski definition) is 4. The van der Waals surface area contributed by atoms with Crippen LogP contribution in [-0.2, 0) is 0 Å². The average molecular weight is 277 g/mol. The zero-order valence-electron chi connectivity index (χ0n) is 12.6. The molecule has 20 heavy (non-hydrogen) atoms. The molecular weight excluding hydrogens is 250 g/mol. The van der Waals surface area contributed by atoms with Gasteiger partial charge in [-0.1, -0.05) is 26.7 Å². The molecule has 1 aromatic rings. The Morgan fingerprint density at radius 2 is 2.10 bits per heavy atom. The first-order valence-corrected chi connectivity index (χ1v) is 7.78. The Kier molecular flexibility index (Phi) is 5.80. The molecule has 0 saturated heterocycles. The number of nitrogens with one attached hydrogen (secondary N) is 1. The minimum absolute atomic E-state index is 0.181. The van der Waals surface area contributed by atoms with Crippen molar-refractivity contribution in [3.8, 4) is 5.75 Å². The summed E-state index contributed by atoms with van der Waals surface area (Å²) in [6, 6.07) is 2.26. The largest absolute Gasteiger partial charge is 0.492 e. The standard InChI is InChI=1S/C16H27N3O/c1-3-8-20-15-9-14(10-18-11-15)16(19-17)13-6-4-12(2)5-7-13/h9-13,16,19H,3-8,17H2,1-2H3. The van der Waals surface area contributed by atoms with E-state index in [1.807, 2.05) is 6.20 Å². The molecule has 1 aliphatic carbocycles. The SMILES string of the molecule is CCCOc1cncc(C(NN)C2CCC(C)CC2)c1. The van der Waals surface area contributed by atoms with E-state index in [-0.39, 0.29) is 6.04 Å². The summed E-state index contributed by atoms with van der Waals surface area (Å²) in [4.78, 5) is 4.30. The topological polar surface area (TPSA) is 60.2 Å². The third-order valence-corrected chi connectivity index (χ3v) is 4.28. The molecular formula is C16H27N3O. The Labute approximate surface area is 122 Å². The molecule has 3 N–H and O–H groups in total. The van der Waals surface area contributed by atoms with Crippen LogP contribution in [0.4, 0.5) is 0 Å². The van der Waals surface area contributed by atoms with E-state index in [0.717, 1.165) is 30.3 Å². The highest BCUT2D eigenvalue weighted by molar-refractivity contribution is 5.26. The molecule has 0 spiro atoms. The smallest absolute Gasteiger partial charge is 0.137 e. The van der Waals surface area contributed by atoms with Gasteiger partial charge in [-0.25, -0.2) is 0 Å². The Morgan fingerprint density at radius 3 is 2.75 bits per heavy atom. The molecule has 1 aliphatic rings. The second kappa shape index (κ2) is 7.60. The molecule has 1 unspecified atom stereocenters. The number of nitrogens with zero attached hydrogens (tertiary/aromatic N) is 1. The van der Waals surface area contributed by atoms with Crippen molar-refractivity contribution in [2.45, 2.75) is 52.0 Å². The quantitative estimate of drug-likeness (QED) is 0.619. The first-order chi connectivity index (χ1) is 9.74. The van der Waals surface area contributed by atoms with Gasteiger partial charge in [0, 0.05) is 6.20 Å². The van der Waals surface area contributed by atoms with Crippen LogP contribution in [0.25, 0.3) is 0 Å². The fraction of sp³-hybridized carbons (Fsp3) is 0.688. The highest BCUT2D eigenvalue weighted by Gasteiger charge is 2.26. The van der Waals surface area contributed by atoms with Crippen LogP contribution in [0.5, 0.6) is 5.75 Å². The van der Waals surface area contributed by atoms with Crippen molar-refractivity contribution in [2.24, 2.45) is 17.7 Å². The maximum Gasteiger partial charge on any atom is 0.137 e. The van der Waals surface area contributed by atoms with Gasteiger partial charge in [0.1, 0.15) is 5.75 Å². The molecule has 0 bridgehead atoms. The second-order valence-electron chi connectivity index (χ2n) is 5.97. The fourth-order valence-corrected chi connectivity index (χ4v) is 3.03. The molecule has 0 aliphatic heterocycles. The van der Waals surface area contributed by atoms with Crippen LogP contribution < -0.4 is 16.0 Å². The summed E-state index contributed by atoms with van der Waals surface area (Å²) in [5.74, 6) is 8.09. The predicted octanol–water partition coefficient (Wildman–Crippen LogP) is 3.20. The van der Waals surface area contributed by atoms with Gasteiger partial charge in [0.2, 0.25) is 0 Å². The maximum absolute atomic E-state index is 5.80. The molecule has 0 aromatic carbocycles. The molecule has 112 valence electrons. The molecule has 1 fully saturated rings. The fourth-order valence-electron chi connectivity index (χ4n) is 3.03. The molecule has 4 heteroatoms.